The van der Waals surface area contributed by atoms with E-state index < -0.39 is 5.97 Å². The average Bonchev–Trinajstić information content (AvgIpc) is 2.37. The van der Waals surface area contributed by atoms with E-state index in [0.29, 0.717) is 5.56 Å². The summed E-state index contributed by atoms with van der Waals surface area (Å²) < 4.78 is 0. The SMILES string of the molecule is Cc1ccccc1CNc1ccc(C(=O)O)c(C)c1. The molecule has 0 aromatic heterocycles. The first-order valence-corrected chi connectivity index (χ1v) is 6.20. The molecule has 0 spiro atoms. The number of carboxylic acid groups (broad SMARTS) is 1. The predicted octanol–water partition coefficient (Wildman–Crippen LogP) is 3.61. The fourth-order valence-corrected chi connectivity index (χ4v) is 2.02. The minimum atomic E-state index is -0.886. The summed E-state index contributed by atoms with van der Waals surface area (Å²) >= 11 is 0. The average molecular weight is 255 g/mol. The van der Waals surface area contributed by atoms with Crippen LogP contribution in [0.1, 0.15) is 27.0 Å². The molecule has 2 rings (SSSR count). The van der Waals surface area contributed by atoms with Crippen molar-refractivity contribution in [2.45, 2.75) is 20.4 Å². The van der Waals surface area contributed by atoms with Crippen LogP contribution in [0.25, 0.3) is 0 Å². The van der Waals surface area contributed by atoms with Crippen LogP contribution in [-0.2, 0) is 6.54 Å². The van der Waals surface area contributed by atoms with Crippen molar-refractivity contribution < 1.29 is 9.90 Å². The van der Waals surface area contributed by atoms with Gasteiger partial charge in [-0.25, -0.2) is 4.79 Å². The molecule has 0 saturated heterocycles. The number of nitrogens with one attached hydrogen (secondary N) is 1. The quantitative estimate of drug-likeness (QED) is 0.877. The number of benzene rings is 2. The summed E-state index contributed by atoms with van der Waals surface area (Å²) in [5, 5.41) is 12.3. The monoisotopic (exact) mass is 255 g/mol. The van der Waals surface area contributed by atoms with Gasteiger partial charge in [-0.3, -0.25) is 0 Å². The fourth-order valence-electron chi connectivity index (χ4n) is 2.02. The minimum Gasteiger partial charge on any atom is -0.478 e. The first kappa shape index (κ1) is 13.1. The van der Waals surface area contributed by atoms with Crippen LogP contribution in [0.3, 0.4) is 0 Å². The normalized spacial score (nSPS) is 10.2. The molecule has 0 radical (unpaired) electrons. The zero-order valence-electron chi connectivity index (χ0n) is 11.1. The van der Waals surface area contributed by atoms with Crippen molar-refractivity contribution in [3.63, 3.8) is 0 Å². The van der Waals surface area contributed by atoms with E-state index >= 15 is 0 Å². The van der Waals surface area contributed by atoms with Crippen LogP contribution in [-0.4, -0.2) is 11.1 Å². The molecule has 3 nitrogen and oxygen atoms in total. The van der Waals surface area contributed by atoms with Gasteiger partial charge >= 0.3 is 5.97 Å². The Balaban J connectivity index is 2.11. The Morgan fingerprint density at radius 3 is 2.47 bits per heavy atom. The van der Waals surface area contributed by atoms with Gasteiger partial charge in [0, 0.05) is 12.2 Å². The second-order valence-electron chi connectivity index (χ2n) is 4.61. The summed E-state index contributed by atoms with van der Waals surface area (Å²) in [6.45, 7) is 4.62. The van der Waals surface area contributed by atoms with Gasteiger partial charge in [0.2, 0.25) is 0 Å². The molecule has 0 fully saturated rings. The Morgan fingerprint density at radius 2 is 1.84 bits per heavy atom. The number of aromatic carboxylic acids is 1. The largest absolute Gasteiger partial charge is 0.478 e. The van der Waals surface area contributed by atoms with Gasteiger partial charge in [-0.1, -0.05) is 24.3 Å². The van der Waals surface area contributed by atoms with Gasteiger partial charge in [0.05, 0.1) is 5.56 Å². The van der Waals surface area contributed by atoms with Gasteiger partial charge in [-0.2, -0.15) is 0 Å². The van der Waals surface area contributed by atoms with Gasteiger partial charge in [0.1, 0.15) is 0 Å². The zero-order valence-corrected chi connectivity index (χ0v) is 11.1. The highest BCUT2D eigenvalue weighted by Crippen LogP contribution is 2.17. The second-order valence-corrected chi connectivity index (χ2v) is 4.61. The Morgan fingerprint density at radius 1 is 1.11 bits per heavy atom. The molecule has 0 unspecified atom stereocenters. The van der Waals surface area contributed by atoms with Crippen LogP contribution in [0.5, 0.6) is 0 Å². The molecule has 2 N–H and O–H groups in total. The molecule has 0 aliphatic carbocycles. The van der Waals surface area contributed by atoms with Crippen LogP contribution < -0.4 is 5.32 Å². The topological polar surface area (TPSA) is 49.3 Å². The molecule has 0 aliphatic rings. The van der Waals surface area contributed by atoms with E-state index in [2.05, 4.69) is 24.4 Å². The lowest BCUT2D eigenvalue weighted by molar-refractivity contribution is 0.0696. The third-order valence-corrected chi connectivity index (χ3v) is 3.20. The molecule has 19 heavy (non-hydrogen) atoms. The molecular formula is C16H17NO2. The van der Waals surface area contributed by atoms with Gasteiger partial charge < -0.3 is 10.4 Å². The van der Waals surface area contributed by atoms with E-state index in [-0.39, 0.29) is 0 Å². The standard InChI is InChI=1S/C16H17NO2/c1-11-5-3-4-6-13(11)10-17-14-7-8-15(16(18)19)12(2)9-14/h3-9,17H,10H2,1-2H3,(H,18,19). The third kappa shape index (κ3) is 3.13. The van der Waals surface area contributed by atoms with Crippen LogP contribution >= 0.6 is 0 Å². The maximum absolute atomic E-state index is 10.9. The Bertz CT molecular complexity index is 605. The highest BCUT2D eigenvalue weighted by atomic mass is 16.4. The van der Waals surface area contributed by atoms with E-state index in [1.54, 1.807) is 12.1 Å². The highest BCUT2D eigenvalue weighted by Gasteiger charge is 2.07. The molecule has 2 aromatic rings. The summed E-state index contributed by atoms with van der Waals surface area (Å²) in [5.74, 6) is -0.886. The number of hydrogen-bond acceptors (Lipinski definition) is 2. The van der Waals surface area contributed by atoms with Crippen molar-refractivity contribution in [3.05, 3.63) is 64.7 Å². The van der Waals surface area contributed by atoms with E-state index in [9.17, 15) is 4.79 Å². The lowest BCUT2D eigenvalue weighted by Gasteiger charge is -2.10. The van der Waals surface area contributed by atoms with Gasteiger partial charge in [-0.15, -0.1) is 0 Å². The van der Waals surface area contributed by atoms with Crippen molar-refractivity contribution in [3.8, 4) is 0 Å². The van der Waals surface area contributed by atoms with Crippen LogP contribution in [0.2, 0.25) is 0 Å². The third-order valence-electron chi connectivity index (χ3n) is 3.20. The van der Waals surface area contributed by atoms with Crippen molar-refractivity contribution in [2.75, 3.05) is 5.32 Å². The maximum Gasteiger partial charge on any atom is 0.335 e. The van der Waals surface area contributed by atoms with E-state index in [4.69, 9.17) is 5.11 Å². The van der Waals surface area contributed by atoms with Crippen molar-refractivity contribution >= 4 is 11.7 Å². The summed E-state index contributed by atoms with van der Waals surface area (Å²) in [5.41, 5.74) is 4.53. The molecule has 0 atom stereocenters. The molecule has 0 amide bonds. The molecular weight excluding hydrogens is 238 g/mol. The Labute approximate surface area is 112 Å². The van der Waals surface area contributed by atoms with Crippen LogP contribution in [0.15, 0.2) is 42.5 Å². The van der Waals surface area contributed by atoms with E-state index in [1.807, 2.05) is 25.1 Å². The summed E-state index contributed by atoms with van der Waals surface area (Å²) in [6.07, 6.45) is 0. The fraction of sp³-hybridized carbons (Fsp3) is 0.188. The smallest absolute Gasteiger partial charge is 0.335 e. The number of anilines is 1. The summed E-state index contributed by atoms with van der Waals surface area (Å²) in [4.78, 5) is 10.9. The lowest BCUT2D eigenvalue weighted by atomic mass is 10.1. The zero-order chi connectivity index (χ0) is 13.8. The predicted molar refractivity (Wildman–Crippen MR) is 76.6 cm³/mol. The maximum atomic E-state index is 10.9. The van der Waals surface area contributed by atoms with Crippen molar-refractivity contribution in [2.24, 2.45) is 0 Å². The number of carbonyl (C=O) groups is 1. The Hall–Kier alpha value is -2.29. The molecule has 3 heteroatoms. The Kier molecular flexibility index (Phi) is 3.85. The number of rotatable bonds is 4. The summed E-state index contributed by atoms with van der Waals surface area (Å²) in [7, 11) is 0. The second kappa shape index (κ2) is 5.57. The van der Waals surface area contributed by atoms with E-state index in [1.165, 1.54) is 11.1 Å². The van der Waals surface area contributed by atoms with E-state index in [0.717, 1.165) is 17.8 Å². The number of hydrogen-bond donors (Lipinski definition) is 2. The molecule has 2 aromatic carbocycles. The first-order chi connectivity index (χ1) is 9.08. The van der Waals surface area contributed by atoms with Crippen LogP contribution in [0.4, 0.5) is 5.69 Å². The molecule has 0 saturated carbocycles. The molecule has 98 valence electrons. The number of aryl methyl sites for hydroxylation is 2. The lowest BCUT2D eigenvalue weighted by Crippen LogP contribution is -2.04. The van der Waals surface area contributed by atoms with Gasteiger partial charge in [-0.05, 0) is 48.7 Å². The summed E-state index contributed by atoms with van der Waals surface area (Å²) in [6, 6.07) is 13.5. The van der Waals surface area contributed by atoms with Gasteiger partial charge in [0.15, 0.2) is 0 Å². The highest BCUT2D eigenvalue weighted by molar-refractivity contribution is 5.89. The minimum absolute atomic E-state index is 0.349. The van der Waals surface area contributed by atoms with Crippen molar-refractivity contribution in [1.29, 1.82) is 0 Å². The van der Waals surface area contributed by atoms with Gasteiger partial charge in [0.25, 0.3) is 0 Å². The molecule has 0 aliphatic heterocycles. The first-order valence-electron chi connectivity index (χ1n) is 6.20. The molecule has 0 bridgehead atoms. The van der Waals surface area contributed by atoms with Crippen LogP contribution in [0, 0.1) is 13.8 Å². The van der Waals surface area contributed by atoms with Crippen molar-refractivity contribution in [1.82, 2.24) is 0 Å². The number of carboxylic acids is 1. The molecule has 0 heterocycles.